The van der Waals surface area contributed by atoms with Gasteiger partial charge in [-0.3, -0.25) is 9.59 Å². The Morgan fingerprint density at radius 3 is 0.694 bits per heavy atom. The van der Waals surface area contributed by atoms with Gasteiger partial charge >= 0.3 is 0 Å². The zero-order valence-corrected chi connectivity index (χ0v) is 27.2. The minimum Gasteiger partial charge on any atom is -0.298 e. The van der Waals surface area contributed by atoms with Crippen LogP contribution in [-0.4, -0.2) is 28.9 Å². The van der Waals surface area contributed by atoms with Crippen LogP contribution < -0.4 is 0 Å². The lowest BCUT2D eigenvalue weighted by atomic mass is 9.54. The Bertz CT molecular complexity index is 1050. The minimum absolute atomic E-state index is 0.126. The highest BCUT2D eigenvalue weighted by atomic mass is 35.5. The van der Waals surface area contributed by atoms with Crippen molar-refractivity contribution in [1.29, 1.82) is 0 Å². The first kappa shape index (κ1) is 28.7. The molecule has 10 heteroatoms. The summed E-state index contributed by atoms with van der Waals surface area (Å²) >= 11 is 58.6. The number of ketones is 2. The summed E-state index contributed by atoms with van der Waals surface area (Å²) in [6.07, 6.45) is 0. The fraction of sp³-hybridized carbons (Fsp3) is 0.769. The van der Waals surface area contributed by atoms with Gasteiger partial charge in [-0.1, -0.05) is 115 Å². The summed E-state index contributed by atoms with van der Waals surface area (Å²) in [5.41, 5.74) is -1.45. The van der Waals surface area contributed by atoms with Crippen molar-refractivity contribution in [3.63, 3.8) is 0 Å². The number of allylic oxidation sites excluding steroid dienone is 4. The smallest absolute Gasteiger partial charge is 0.155 e. The van der Waals surface area contributed by atoms with E-state index in [9.17, 15) is 9.59 Å². The van der Waals surface area contributed by atoms with Crippen LogP contribution in [0, 0.1) is 45.3 Å². The number of halogens is 8. The molecule has 3 saturated carbocycles. The molecule has 0 spiro atoms. The van der Waals surface area contributed by atoms with Crippen molar-refractivity contribution in [3.8, 4) is 0 Å². The van der Waals surface area contributed by atoms with E-state index in [1.807, 2.05) is 27.7 Å². The quantitative estimate of drug-likeness (QED) is 0.193. The zero-order valence-electron chi connectivity index (χ0n) is 21.1. The Labute approximate surface area is 252 Å². The summed E-state index contributed by atoms with van der Waals surface area (Å²) in [4.78, 5) is 28.4. The Kier molecular flexibility index (Phi) is 5.67. The summed E-state index contributed by atoms with van der Waals surface area (Å²) in [5.74, 6) is -4.05. The third-order valence-electron chi connectivity index (χ3n) is 11.7. The van der Waals surface area contributed by atoms with E-state index >= 15 is 0 Å². The SMILES string of the molecule is CC1=C(C)[C@]2(C)C(=O)[C@]1(C)[C@@H]1[C@H]2C(Cl)(Cl)C(Cl)(Cl)[C@H]2[C@@H](C(Cl)(Cl)C1(Cl)Cl)[C@]1(C)C(=O)[C@]2(C)C(C)=C1C. The van der Waals surface area contributed by atoms with Crippen molar-refractivity contribution in [3.05, 3.63) is 22.3 Å². The molecule has 0 heterocycles. The van der Waals surface area contributed by atoms with Crippen molar-refractivity contribution in [2.75, 3.05) is 0 Å². The first-order valence-electron chi connectivity index (χ1n) is 11.9. The molecule has 0 aromatic rings. The predicted octanol–water partition coefficient (Wildman–Crippen LogP) is 9.05. The Balaban J connectivity index is 1.94. The van der Waals surface area contributed by atoms with Crippen LogP contribution in [0.5, 0.6) is 0 Å². The maximum atomic E-state index is 14.2. The van der Waals surface area contributed by atoms with Crippen LogP contribution in [0.2, 0.25) is 0 Å². The number of Topliss-reactive ketones (excluding diaryl/α,β-unsaturated/α-hetero) is 2. The molecule has 0 aromatic heterocycles. The van der Waals surface area contributed by atoms with E-state index in [1.54, 1.807) is 27.7 Å². The van der Waals surface area contributed by atoms with Gasteiger partial charge < -0.3 is 0 Å². The van der Waals surface area contributed by atoms with E-state index < -0.39 is 62.7 Å². The van der Waals surface area contributed by atoms with Gasteiger partial charge in [-0.2, -0.15) is 0 Å². The number of rotatable bonds is 0. The number of carbonyl (C=O) groups is 2. The van der Waals surface area contributed by atoms with Gasteiger partial charge in [0.05, 0.1) is 21.7 Å². The average Bonchev–Trinajstić information content (AvgIpc) is 3.19. The van der Waals surface area contributed by atoms with Gasteiger partial charge in [0.15, 0.2) is 28.9 Å². The first-order chi connectivity index (χ1) is 15.9. The summed E-state index contributed by atoms with van der Waals surface area (Å²) < 4.78 is -7.87. The lowest BCUT2D eigenvalue weighted by Crippen LogP contribution is -2.69. The highest BCUT2D eigenvalue weighted by molar-refractivity contribution is 6.65. The zero-order chi connectivity index (χ0) is 27.8. The molecule has 0 aliphatic heterocycles. The third-order valence-corrected chi connectivity index (χ3v) is 16.8. The van der Waals surface area contributed by atoms with E-state index in [1.165, 1.54) is 0 Å². The van der Waals surface area contributed by atoms with Crippen LogP contribution in [0.1, 0.15) is 55.4 Å². The molecule has 36 heavy (non-hydrogen) atoms. The standard InChI is InChI=1S/C26H28Cl8O2/c1-9-10(2)20(6)14-13(19(9,5)17(20)35)23(27,28)25(31,32)15-16(26(33,34)24(14,29)30)22(8)12(4)11(3)21(15,7)18(22)36/h13-16H,1-8H3/t13-,14+,15+,16-,19-,20-,21+,22+. The fourth-order valence-electron chi connectivity index (χ4n) is 9.27. The molecule has 0 radical (unpaired) electrons. The van der Waals surface area contributed by atoms with Gasteiger partial charge in [0.1, 0.15) is 0 Å². The molecule has 3 fully saturated rings. The maximum Gasteiger partial charge on any atom is 0.155 e. The second-order valence-corrected chi connectivity index (χ2v) is 17.9. The molecule has 8 atom stereocenters. The van der Waals surface area contributed by atoms with E-state index in [4.69, 9.17) is 92.8 Å². The number of fused-ring (bicyclic) bond motifs is 10. The maximum absolute atomic E-state index is 14.2. The van der Waals surface area contributed by atoms with E-state index in [0.29, 0.717) is 0 Å². The van der Waals surface area contributed by atoms with E-state index in [0.717, 1.165) is 22.3 Å². The van der Waals surface area contributed by atoms with Crippen molar-refractivity contribution in [1.82, 2.24) is 0 Å². The molecule has 0 saturated heterocycles. The van der Waals surface area contributed by atoms with Gasteiger partial charge in [0, 0.05) is 23.7 Å². The Morgan fingerprint density at radius 2 is 0.556 bits per heavy atom. The number of alkyl halides is 8. The summed E-state index contributed by atoms with van der Waals surface area (Å²) in [6, 6.07) is 0. The van der Waals surface area contributed by atoms with Gasteiger partial charge in [0.25, 0.3) is 0 Å². The van der Waals surface area contributed by atoms with Gasteiger partial charge in [-0.15, -0.1) is 0 Å². The van der Waals surface area contributed by atoms with Crippen molar-refractivity contribution < 1.29 is 9.59 Å². The first-order valence-corrected chi connectivity index (χ1v) is 14.9. The molecule has 0 aromatic carbocycles. The highest BCUT2D eigenvalue weighted by Gasteiger charge is 2.88. The molecule has 0 amide bonds. The molecule has 200 valence electrons. The third kappa shape index (κ3) is 2.38. The van der Waals surface area contributed by atoms with Crippen LogP contribution >= 0.6 is 92.8 Å². The monoisotopic (exact) mass is 652 g/mol. The van der Waals surface area contributed by atoms with E-state index in [2.05, 4.69) is 0 Å². The van der Waals surface area contributed by atoms with Crippen LogP contribution in [0.25, 0.3) is 0 Å². The molecule has 0 unspecified atom stereocenters. The topological polar surface area (TPSA) is 34.1 Å². The summed E-state index contributed by atoms with van der Waals surface area (Å²) in [6.45, 7) is 14.6. The highest BCUT2D eigenvalue weighted by Crippen LogP contribution is 2.84. The molecule has 5 aliphatic rings. The Morgan fingerprint density at radius 1 is 0.417 bits per heavy atom. The van der Waals surface area contributed by atoms with Crippen LogP contribution in [0.15, 0.2) is 22.3 Å². The van der Waals surface area contributed by atoms with Crippen LogP contribution in [-0.2, 0) is 9.59 Å². The van der Waals surface area contributed by atoms with Gasteiger partial charge in [-0.05, 0) is 55.4 Å². The predicted molar refractivity (Wildman–Crippen MR) is 151 cm³/mol. The lowest BCUT2D eigenvalue weighted by Gasteiger charge is -2.62. The molecular formula is C26H28Cl8O2. The largest absolute Gasteiger partial charge is 0.298 e. The van der Waals surface area contributed by atoms with Crippen LogP contribution in [0.4, 0.5) is 0 Å². The average molecular weight is 656 g/mol. The second kappa shape index (κ2) is 7.13. The van der Waals surface area contributed by atoms with Gasteiger partial charge in [0.2, 0.25) is 0 Å². The number of hydrogen-bond donors (Lipinski definition) is 0. The molecular weight excluding hydrogens is 628 g/mol. The van der Waals surface area contributed by atoms with Crippen LogP contribution in [0.3, 0.4) is 0 Å². The van der Waals surface area contributed by atoms with Crippen molar-refractivity contribution in [2.24, 2.45) is 45.3 Å². The molecule has 2 nitrogen and oxygen atoms in total. The summed E-state index contributed by atoms with van der Waals surface area (Å²) in [7, 11) is 0. The molecule has 4 bridgehead atoms. The molecule has 0 N–H and O–H groups in total. The van der Waals surface area contributed by atoms with Crippen molar-refractivity contribution in [2.45, 2.75) is 72.7 Å². The van der Waals surface area contributed by atoms with Gasteiger partial charge in [-0.25, -0.2) is 0 Å². The number of hydrogen-bond acceptors (Lipinski definition) is 2. The fourth-order valence-corrected chi connectivity index (χ4v) is 13.0. The Hall–Kier alpha value is 1.14. The second-order valence-electron chi connectivity index (χ2n) is 12.4. The van der Waals surface area contributed by atoms with Crippen molar-refractivity contribution >= 4 is 104 Å². The molecule has 5 aliphatic carbocycles. The lowest BCUT2D eigenvalue weighted by molar-refractivity contribution is -0.130. The number of carbonyl (C=O) groups excluding carboxylic acids is 2. The van der Waals surface area contributed by atoms with E-state index in [-0.39, 0.29) is 11.6 Å². The molecule has 5 rings (SSSR count). The normalized spacial score (nSPS) is 51.4. The summed E-state index contributed by atoms with van der Waals surface area (Å²) in [5, 5.41) is 0. The minimum atomic E-state index is -1.97.